The summed E-state index contributed by atoms with van der Waals surface area (Å²) in [5.74, 6) is -5.90. The number of hydrogen-bond acceptors (Lipinski definition) is 3. The topological polar surface area (TPSA) is 46.6 Å². The van der Waals surface area contributed by atoms with Crippen molar-refractivity contribution in [2.45, 2.75) is 32.7 Å². The van der Waals surface area contributed by atoms with Gasteiger partial charge in [0.15, 0.2) is 17.5 Å². The molecule has 0 aliphatic heterocycles. The molecule has 0 radical (unpaired) electrons. The lowest BCUT2D eigenvalue weighted by atomic mass is 10.1. The van der Waals surface area contributed by atoms with Gasteiger partial charge in [-0.25, -0.2) is 13.2 Å². The van der Waals surface area contributed by atoms with Gasteiger partial charge in [0.05, 0.1) is 19.1 Å². The van der Waals surface area contributed by atoms with E-state index in [1.54, 1.807) is 6.92 Å². The third-order valence-corrected chi connectivity index (χ3v) is 3.43. The number of ether oxygens (including phenoxy) is 1. The van der Waals surface area contributed by atoms with E-state index in [9.17, 15) is 22.8 Å². The normalized spacial score (nSPS) is 11.9. The fraction of sp³-hybridized carbons (Fsp3) is 0.467. The van der Waals surface area contributed by atoms with Gasteiger partial charge in [0.2, 0.25) is 0 Å². The Morgan fingerprint density at radius 1 is 1.23 bits per heavy atom. The van der Waals surface area contributed by atoms with Crippen LogP contribution in [0.1, 0.15) is 37.0 Å². The number of esters is 1. The van der Waals surface area contributed by atoms with Crippen LogP contribution in [0.4, 0.5) is 13.2 Å². The van der Waals surface area contributed by atoms with Crippen LogP contribution in [-0.2, 0) is 9.53 Å². The van der Waals surface area contributed by atoms with Gasteiger partial charge in [-0.1, -0.05) is 6.92 Å². The molecule has 0 aliphatic carbocycles. The van der Waals surface area contributed by atoms with Gasteiger partial charge >= 0.3 is 5.97 Å². The molecule has 0 bridgehead atoms. The largest absolute Gasteiger partial charge is 0.469 e. The molecule has 122 valence electrons. The van der Waals surface area contributed by atoms with Crippen molar-refractivity contribution in [3.63, 3.8) is 0 Å². The van der Waals surface area contributed by atoms with E-state index in [-0.39, 0.29) is 19.0 Å². The second-order valence-electron chi connectivity index (χ2n) is 4.80. The molecule has 4 nitrogen and oxygen atoms in total. The number of benzene rings is 1. The van der Waals surface area contributed by atoms with Crippen LogP contribution in [0.15, 0.2) is 12.1 Å². The van der Waals surface area contributed by atoms with Crippen molar-refractivity contribution in [3.05, 3.63) is 35.1 Å². The average Bonchev–Trinajstić information content (AvgIpc) is 2.51. The quantitative estimate of drug-likeness (QED) is 0.599. The Labute approximate surface area is 126 Å². The Morgan fingerprint density at radius 2 is 1.86 bits per heavy atom. The van der Waals surface area contributed by atoms with Gasteiger partial charge in [-0.15, -0.1) is 0 Å². The number of methoxy groups -OCH3 is 1. The van der Waals surface area contributed by atoms with Crippen molar-refractivity contribution in [1.82, 2.24) is 4.90 Å². The fourth-order valence-corrected chi connectivity index (χ4v) is 1.90. The van der Waals surface area contributed by atoms with Crippen molar-refractivity contribution < 1.29 is 27.5 Å². The van der Waals surface area contributed by atoms with E-state index in [1.807, 2.05) is 6.92 Å². The maximum Gasteiger partial charge on any atom is 0.307 e. The van der Waals surface area contributed by atoms with Crippen LogP contribution < -0.4 is 0 Å². The van der Waals surface area contributed by atoms with E-state index in [2.05, 4.69) is 4.74 Å². The zero-order valence-electron chi connectivity index (χ0n) is 12.7. The number of nitrogens with zero attached hydrogens (tertiary/aromatic N) is 1. The van der Waals surface area contributed by atoms with Gasteiger partial charge in [0, 0.05) is 12.6 Å². The first-order chi connectivity index (χ1) is 10.3. The molecule has 0 aromatic heterocycles. The van der Waals surface area contributed by atoms with E-state index in [4.69, 9.17) is 0 Å². The minimum absolute atomic E-state index is 0.00104. The lowest BCUT2D eigenvalue weighted by Gasteiger charge is -2.28. The summed E-state index contributed by atoms with van der Waals surface area (Å²) >= 11 is 0. The Bertz CT molecular complexity index is 563. The predicted octanol–water partition coefficient (Wildman–Crippen LogP) is 2.91. The van der Waals surface area contributed by atoms with E-state index >= 15 is 0 Å². The van der Waals surface area contributed by atoms with Gasteiger partial charge in [0.25, 0.3) is 5.91 Å². The number of carbonyl (C=O) groups is 2. The highest BCUT2D eigenvalue weighted by Crippen LogP contribution is 2.19. The highest BCUT2D eigenvalue weighted by Gasteiger charge is 2.26. The Kier molecular flexibility index (Phi) is 6.39. The molecule has 22 heavy (non-hydrogen) atoms. The maximum absolute atomic E-state index is 13.8. The van der Waals surface area contributed by atoms with Crippen LogP contribution in [0.3, 0.4) is 0 Å². The number of hydrogen-bond donors (Lipinski definition) is 0. The summed E-state index contributed by atoms with van der Waals surface area (Å²) in [6.45, 7) is 3.52. The number of carbonyl (C=O) groups excluding carboxylic acids is 2. The van der Waals surface area contributed by atoms with Crippen LogP contribution in [0.5, 0.6) is 0 Å². The van der Waals surface area contributed by atoms with Crippen molar-refractivity contribution in [1.29, 1.82) is 0 Å². The molecule has 0 saturated heterocycles. The summed E-state index contributed by atoms with van der Waals surface area (Å²) in [4.78, 5) is 24.8. The molecular weight excluding hydrogens is 299 g/mol. The van der Waals surface area contributed by atoms with Gasteiger partial charge in [-0.05, 0) is 25.5 Å². The Hall–Kier alpha value is -2.05. The Balaban J connectivity index is 3.06. The Morgan fingerprint density at radius 3 is 2.41 bits per heavy atom. The summed E-state index contributed by atoms with van der Waals surface area (Å²) < 4.78 is 44.5. The van der Waals surface area contributed by atoms with Gasteiger partial charge in [-0.2, -0.15) is 0 Å². The fourth-order valence-electron chi connectivity index (χ4n) is 1.90. The molecule has 0 aliphatic rings. The highest BCUT2D eigenvalue weighted by atomic mass is 19.2. The van der Waals surface area contributed by atoms with E-state index in [0.29, 0.717) is 12.5 Å². The maximum atomic E-state index is 13.8. The van der Waals surface area contributed by atoms with Crippen LogP contribution >= 0.6 is 0 Å². The molecule has 1 atom stereocenters. The van der Waals surface area contributed by atoms with Crippen LogP contribution in [0.2, 0.25) is 0 Å². The average molecular weight is 317 g/mol. The number of amides is 1. The summed E-state index contributed by atoms with van der Waals surface area (Å²) in [7, 11) is 1.22. The second kappa shape index (κ2) is 7.82. The molecule has 0 N–H and O–H groups in total. The molecule has 7 heteroatoms. The lowest BCUT2D eigenvalue weighted by molar-refractivity contribution is -0.140. The van der Waals surface area contributed by atoms with E-state index in [0.717, 1.165) is 6.07 Å². The molecule has 0 fully saturated rings. The first-order valence-corrected chi connectivity index (χ1v) is 6.84. The van der Waals surface area contributed by atoms with E-state index in [1.165, 1.54) is 12.0 Å². The summed E-state index contributed by atoms with van der Waals surface area (Å²) in [5.41, 5.74) is -0.566. The van der Waals surface area contributed by atoms with Crippen LogP contribution in [0.25, 0.3) is 0 Å². The summed E-state index contributed by atoms with van der Waals surface area (Å²) in [5, 5.41) is 0. The second-order valence-corrected chi connectivity index (χ2v) is 4.80. The summed E-state index contributed by atoms with van der Waals surface area (Å²) in [6, 6.07) is 1.29. The van der Waals surface area contributed by atoms with Crippen molar-refractivity contribution in [2.75, 3.05) is 13.7 Å². The third kappa shape index (κ3) is 3.99. The number of rotatable bonds is 6. The standard InChI is InChI=1S/C15H18F3NO3/c1-4-9(2)19(8-7-12(20)22-3)15(21)10-5-6-11(16)14(18)13(10)17/h5-6,9H,4,7-8H2,1-3H3. The monoisotopic (exact) mass is 317 g/mol. The molecule has 0 saturated carbocycles. The van der Waals surface area contributed by atoms with Gasteiger partial charge in [0.1, 0.15) is 0 Å². The SMILES string of the molecule is CCC(C)N(CCC(=O)OC)C(=O)c1ccc(F)c(F)c1F. The molecule has 0 heterocycles. The van der Waals surface area contributed by atoms with Crippen LogP contribution in [-0.4, -0.2) is 36.5 Å². The molecular formula is C15H18F3NO3. The molecule has 1 unspecified atom stereocenters. The van der Waals surface area contributed by atoms with Crippen molar-refractivity contribution in [3.8, 4) is 0 Å². The minimum atomic E-state index is -1.69. The molecule has 1 aromatic carbocycles. The smallest absolute Gasteiger partial charge is 0.307 e. The zero-order chi connectivity index (χ0) is 16.9. The molecule has 1 aromatic rings. The third-order valence-electron chi connectivity index (χ3n) is 3.43. The first kappa shape index (κ1) is 18.0. The van der Waals surface area contributed by atoms with Crippen molar-refractivity contribution in [2.24, 2.45) is 0 Å². The first-order valence-electron chi connectivity index (χ1n) is 6.84. The number of halogens is 3. The zero-order valence-corrected chi connectivity index (χ0v) is 12.7. The molecule has 1 rings (SSSR count). The molecule has 1 amide bonds. The van der Waals surface area contributed by atoms with Crippen molar-refractivity contribution >= 4 is 11.9 Å². The minimum Gasteiger partial charge on any atom is -0.469 e. The lowest BCUT2D eigenvalue weighted by Crippen LogP contribution is -2.40. The van der Waals surface area contributed by atoms with Crippen LogP contribution in [0, 0.1) is 17.5 Å². The highest BCUT2D eigenvalue weighted by molar-refractivity contribution is 5.95. The van der Waals surface area contributed by atoms with E-state index < -0.39 is 34.9 Å². The van der Waals surface area contributed by atoms with Gasteiger partial charge < -0.3 is 9.64 Å². The van der Waals surface area contributed by atoms with Gasteiger partial charge in [-0.3, -0.25) is 9.59 Å². The molecule has 0 spiro atoms. The summed E-state index contributed by atoms with van der Waals surface area (Å²) in [6.07, 6.45) is 0.482. The predicted molar refractivity (Wildman–Crippen MR) is 73.7 cm³/mol.